The Morgan fingerprint density at radius 1 is 1.69 bits per heavy atom. The molecule has 1 aliphatic heterocycles. The average molecular weight is 240 g/mol. The second-order valence-electron chi connectivity index (χ2n) is 4.50. The second-order valence-corrected chi connectivity index (χ2v) is 5.44. The van der Waals surface area contributed by atoms with Gasteiger partial charge in [-0.3, -0.25) is 0 Å². The Labute approximate surface area is 101 Å². The van der Waals surface area contributed by atoms with Crippen LogP contribution in [0.1, 0.15) is 24.0 Å². The molecule has 2 atom stereocenters. The van der Waals surface area contributed by atoms with Crippen molar-refractivity contribution in [2.75, 3.05) is 19.8 Å². The number of aryl methyl sites for hydroxylation is 1. The maximum absolute atomic E-state index is 5.40. The Morgan fingerprint density at radius 3 is 3.19 bits per heavy atom. The molecule has 90 valence electrons. The van der Waals surface area contributed by atoms with Crippen molar-refractivity contribution in [3.63, 3.8) is 0 Å². The highest BCUT2D eigenvalue weighted by atomic mass is 32.1. The van der Waals surface area contributed by atoms with E-state index in [-0.39, 0.29) is 0 Å². The topological polar surface area (TPSA) is 34.1 Å². The predicted molar refractivity (Wildman–Crippen MR) is 66.9 cm³/mol. The number of rotatable bonds is 5. The fourth-order valence-corrected chi connectivity index (χ4v) is 2.81. The molecule has 4 heteroatoms. The second kappa shape index (κ2) is 5.75. The molecule has 0 radical (unpaired) electrons. The zero-order valence-electron chi connectivity index (χ0n) is 10.0. The minimum absolute atomic E-state index is 0.559. The molecule has 2 unspecified atom stereocenters. The molecule has 2 heterocycles. The molecule has 1 fully saturated rings. The van der Waals surface area contributed by atoms with Crippen molar-refractivity contribution < 1.29 is 4.74 Å². The first-order valence-electron chi connectivity index (χ1n) is 5.98. The monoisotopic (exact) mass is 240 g/mol. The Bertz CT molecular complexity index is 321. The van der Waals surface area contributed by atoms with Crippen LogP contribution in [-0.4, -0.2) is 30.8 Å². The minimum atomic E-state index is 0.559. The fourth-order valence-electron chi connectivity index (χ4n) is 2.04. The Balaban J connectivity index is 1.67. The van der Waals surface area contributed by atoms with E-state index >= 15 is 0 Å². The molecule has 1 aromatic heterocycles. The Morgan fingerprint density at radius 2 is 2.56 bits per heavy atom. The van der Waals surface area contributed by atoms with Crippen LogP contribution in [0.15, 0.2) is 5.38 Å². The summed E-state index contributed by atoms with van der Waals surface area (Å²) in [5.74, 6) is 0.693. The zero-order chi connectivity index (χ0) is 11.4. The molecular formula is C12H20N2OS. The lowest BCUT2D eigenvalue weighted by molar-refractivity contribution is 0.178. The summed E-state index contributed by atoms with van der Waals surface area (Å²) in [7, 11) is 0. The summed E-state index contributed by atoms with van der Waals surface area (Å²) in [4.78, 5) is 4.46. The number of nitrogens with zero attached hydrogens (tertiary/aromatic N) is 1. The molecule has 1 aromatic rings. The highest BCUT2D eigenvalue weighted by Gasteiger charge is 2.21. The Hall–Kier alpha value is -0.450. The van der Waals surface area contributed by atoms with Gasteiger partial charge in [-0.1, -0.05) is 0 Å². The van der Waals surface area contributed by atoms with Gasteiger partial charge in [0, 0.05) is 36.7 Å². The van der Waals surface area contributed by atoms with Gasteiger partial charge in [-0.05, 0) is 26.2 Å². The lowest BCUT2D eigenvalue weighted by Gasteiger charge is -2.18. The third-order valence-electron chi connectivity index (χ3n) is 3.14. The van der Waals surface area contributed by atoms with E-state index in [9.17, 15) is 0 Å². The van der Waals surface area contributed by atoms with E-state index in [0.717, 1.165) is 31.9 Å². The maximum Gasteiger partial charge on any atom is 0.0940 e. The smallest absolute Gasteiger partial charge is 0.0940 e. The summed E-state index contributed by atoms with van der Waals surface area (Å²) in [6.45, 7) is 7.18. The third-order valence-corrected chi connectivity index (χ3v) is 4.17. The molecule has 1 saturated heterocycles. The summed E-state index contributed by atoms with van der Waals surface area (Å²) in [6.07, 6.45) is 2.24. The van der Waals surface area contributed by atoms with E-state index in [1.54, 1.807) is 11.3 Å². The third kappa shape index (κ3) is 3.27. The molecule has 16 heavy (non-hydrogen) atoms. The quantitative estimate of drug-likeness (QED) is 0.855. The van der Waals surface area contributed by atoms with E-state index in [0.29, 0.717) is 12.0 Å². The summed E-state index contributed by atoms with van der Waals surface area (Å²) < 4.78 is 5.40. The highest BCUT2D eigenvalue weighted by Crippen LogP contribution is 2.16. The van der Waals surface area contributed by atoms with E-state index in [1.165, 1.54) is 11.4 Å². The number of thiazole rings is 1. The van der Waals surface area contributed by atoms with Crippen LogP contribution in [0.25, 0.3) is 0 Å². The van der Waals surface area contributed by atoms with E-state index in [2.05, 4.69) is 22.6 Å². The molecule has 0 aliphatic carbocycles. The molecule has 1 aliphatic rings. The predicted octanol–water partition coefficient (Wildman–Crippen LogP) is 2.01. The van der Waals surface area contributed by atoms with Crippen molar-refractivity contribution in [3.05, 3.63) is 16.1 Å². The first kappa shape index (κ1) is 12.0. The molecule has 0 aromatic carbocycles. The van der Waals surface area contributed by atoms with Crippen LogP contribution in [0.2, 0.25) is 0 Å². The van der Waals surface area contributed by atoms with Crippen LogP contribution < -0.4 is 5.32 Å². The van der Waals surface area contributed by atoms with E-state index in [1.807, 2.05) is 6.92 Å². The molecule has 1 N–H and O–H groups in total. The van der Waals surface area contributed by atoms with Crippen molar-refractivity contribution in [1.82, 2.24) is 10.3 Å². The van der Waals surface area contributed by atoms with Gasteiger partial charge in [-0.25, -0.2) is 4.98 Å². The van der Waals surface area contributed by atoms with Crippen molar-refractivity contribution in [2.24, 2.45) is 5.92 Å². The Kier molecular flexibility index (Phi) is 4.32. The van der Waals surface area contributed by atoms with Crippen LogP contribution in [0, 0.1) is 12.8 Å². The van der Waals surface area contributed by atoms with Gasteiger partial charge >= 0.3 is 0 Å². The molecule has 2 rings (SSSR count). The van der Waals surface area contributed by atoms with Gasteiger partial charge < -0.3 is 10.1 Å². The first-order valence-corrected chi connectivity index (χ1v) is 6.86. The van der Waals surface area contributed by atoms with Crippen molar-refractivity contribution in [3.8, 4) is 0 Å². The molecule has 0 saturated carbocycles. The zero-order valence-corrected chi connectivity index (χ0v) is 10.8. The molecule has 0 bridgehead atoms. The van der Waals surface area contributed by atoms with Crippen LogP contribution in [-0.2, 0) is 11.2 Å². The lowest BCUT2D eigenvalue weighted by atomic mass is 10.0. The molecule has 0 spiro atoms. The van der Waals surface area contributed by atoms with Gasteiger partial charge in [-0.15, -0.1) is 11.3 Å². The molecule has 0 amide bonds. The van der Waals surface area contributed by atoms with Gasteiger partial charge in [0.25, 0.3) is 0 Å². The number of nitrogens with one attached hydrogen (secondary N) is 1. The molecule has 3 nitrogen and oxygen atoms in total. The van der Waals surface area contributed by atoms with Crippen molar-refractivity contribution in [1.29, 1.82) is 0 Å². The summed E-state index contributed by atoms with van der Waals surface area (Å²) in [5.41, 5.74) is 1.14. The van der Waals surface area contributed by atoms with Gasteiger partial charge in [0.1, 0.15) is 0 Å². The number of aromatic nitrogens is 1. The molecular weight excluding hydrogens is 220 g/mol. The number of hydrogen-bond acceptors (Lipinski definition) is 4. The summed E-state index contributed by atoms with van der Waals surface area (Å²) in [6, 6.07) is 0.559. The maximum atomic E-state index is 5.40. The SMILES string of the molecule is Cc1csc(CCNC(C)C2CCOC2)n1. The van der Waals surface area contributed by atoms with Gasteiger partial charge in [0.2, 0.25) is 0 Å². The summed E-state index contributed by atoms with van der Waals surface area (Å²) >= 11 is 1.76. The van der Waals surface area contributed by atoms with Crippen LogP contribution in [0.3, 0.4) is 0 Å². The van der Waals surface area contributed by atoms with Crippen molar-refractivity contribution in [2.45, 2.75) is 32.7 Å². The van der Waals surface area contributed by atoms with E-state index < -0.39 is 0 Å². The lowest BCUT2D eigenvalue weighted by Crippen LogP contribution is -2.35. The van der Waals surface area contributed by atoms with Crippen LogP contribution >= 0.6 is 11.3 Å². The first-order chi connectivity index (χ1) is 7.75. The minimum Gasteiger partial charge on any atom is -0.381 e. The normalized spacial score (nSPS) is 22.5. The number of ether oxygens (including phenoxy) is 1. The average Bonchev–Trinajstić information content (AvgIpc) is 2.89. The van der Waals surface area contributed by atoms with E-state index in [4.69, 9.17) is 4.74 Å². The van der Waals surface area contributed by atoms with Crippen LogP contribution in [0.4, 0.5) is 0 Å². The van der Waals surface area contributed by atoms with Gasteiger partial charge in [0.05, 0.1) is 11.6 Å². The largest absolute Gasteiger partial charge is 0.381 e. The van der Waals surface area contributed by atoms with Gasteiger partial charge in [-0.2, -0.15) is 0 Å². The standard InChI is InChI=1S/C12H20N2OS/c1-9-8-16-12(14-9)3-5-13-10(2)11-4-6-15-7-11/h8,10-11,13H,3-7H2,1-2H3. The van der Waals surface area contributed by atoms with Crippen LogP contribution in [0.5, 0.6) is 0 Å². The highest BCUT2D eigenvalue weighted by molar-refractivity contribution is 7.09. The van der Waals surface area contributed by atoms with Gasteiger partial charge in [0.15, 0.2) is 0 Å². The fraction of sp³-hybridized carbons (Fsp3) is 0.750. The summed E-state index contributed by atoms with van der Waals surface area (Å²) in [5, 5.41) is 6.92. The van der Waals surface area contributed by atoms with Crippen molar-refractivity contribution >= 4 is 11.3 Å². The number of hydrogen-bond donors (Lipinski definition) is 1.